The Morgan fingerprint density at radius 1 is 0.938 bits per heavy atom. The molecule has 0 aromatic carbocycles. The minimum Gasteiger partial charge on any atom is -0.391 e. The van der Waals surface area contributed by atoms with Gasteiger partial charge in [-0.15, -0.1) is 0 Å². The van der Waals surface area contributed by atoms with Crippen LogP contribution in [0.4, 0.5) is 0 Å². The zero-order valence-electron chi connectivity index (χ0n) is 10.5. The largest absolute Gasteiger partial charge is 0.391 e. The monoisotopic (exact) mass is 225 g/mol. The topological polar surface area (TPSA) is 32.3 Å². The van der Waals surface area contributed by atoms with E-state index in [1.54, 1.807) is 0 Å². The maximum atomic E-state index is 10.3. The minimum atomic E-state index is -0.0961. The maximum Gasteiger partial charge on any atom is 0.0695 e. The summed E-state index contributed by atoms with van der Waals surface area (Å²) in [5, 5.41) is 13.8. The van der Waals surface area contributed by atoms with Crippen LogP contribution in [0.1, 0.15) is 64.2 Å². The van der Waals surface area contributed by atoms with Crippen LogP contribution in [0.15, 0.2) is 0 Å². The molecule has 2 N–H and O–H groups in total. The van der Waals surface area contributed by atoms with Crippen LogP contribution in [0.25, 0.3) is 0 Å². The van der Waals surface area contributed by atoms with E-state index in [4.69, 9.17) is 0 Å². The van der Waals surface area contributed by atoms with Crippen molar-refractivity contribution in [2.45, 2.75) is 76.4 Å². The molecule has 2 heteroatoms. The van der Waals surface area contributed by atoms with Gasteiger partial charge in [0, 0.05) is 6.04 Å². The van der Waals surface area contributed by atoms with Crippen molar-refractivity contribution in [3.8, 4) is 0 Å². The SMILES string of the molecule is OC(CC1CCCCC1)C1CCCCCN1. The molecule has 1 heterocycles. The molecule has 2 fully saturated rings. The smallest absolute Gasteiger partial charge is 0.0695 e. The van der Waals surface area contributed by atoms with Crippen LogP contribution in [-0.4, -0.2) is 23.8 Å². The van der Waals surface area contributed by atoms with E-state index in [2.05, 4.69) is 5.32 Å². The van der Waals surface area contributed by atoms with E-state index >= 15 is 0 Å². The van der Waals surface area contributed by atoms with E-state index < -0.39 is 0 Å². The highest BCUT2D eigenvalue weighted by Gasteiger charge is 2.24. The van der Waals surface area contributed by atoms with Gasteiger partial charge in [-0.2, -0.15) is 0 Å². The molecule has 0 aromatic rings. The van der Waals surface area contributed by atoms with Gasteiger partial charge in [0.1, 0.15) is 0 Å². The molecular formula is C14H27NO. The fourth-order valence-corrected chi connectivity index (χ4v) is 3.31. The van der Waals surface area contributed by atoms with Crippen LogP contribution >= 0.6 is 0 Å². The quantitative estimate of drug-likeness (QED) is 0.774. The highest BCUT2D eigenvalue weighted by Crippen LogP contribution is 2.28. The molecule has 94 valence electrons. The summed E-state index contributed by atoms with van der Waals surface area (Å²) in [6, 6.07) is 0.379. The lowest BCUT2D eigenvalue weighted by Crippen LogP contribution is -2.40. The minimum absolute atomic E-state index is 0.0961. The highest BCUT2D eigenvalue weighted by atomic mass is 16.3. The van der Waals surface area contributed by atoms with Gasteiger partial charge in [-0.05, 0) is 31.7 Å². The first kappa shape index (κ1) is 12.4. The van der Waals surface area contributed by atoms with Gasteiger partial charge < -0.3 is 10.4 Å². The summed E-state index contributed by atoms with van der Waals surface area (Å²) in [5.41, 5.74) is 0. The van der Waals surface area contributed by atoms with Crippen molar-refractivity contribution < 1.29 is 5.11 Å². The van der Waals surface area contributed by atoms with Crippen molar-refractivity contribution in [3.63, 3.8) is 0 Å². The molecule has 0 radical (unpaired) electrons. The molecule has 2 nitrogen and oxygen atoms in total. The second-order valence-electron chi connectivity index (χ2n) is 5.72. The second kappa shape index (κ2) is 6.61. The summed E-state index contributed by atoms with van der Waals surface area (Å²) < 4.78 is 0. The van der Waals surface area contributed by atoms with Crippen LogP contribution in [0.2, 0.25) is 0 Å². The van der Waals surface area contributed by atoms with Crippen LogP contribution in [0.5, 0.6) is 0 Å². The molecule has 1 saturated heterocycles. The molecule has 0 amide bonds. The van der Waals surface area contributed by atoms with Crippen LogP contribution in [0, 0.1) is 5.92 Å². The van der Waals surface area contributed by atoms with Crippen molar-refractivity contribution in [2.75, 3.05) is 6.54 Å². The lowest BCUT2D eigenvalue weighted by molar-refractivity contribution is 0.0898. The van der Waals surface area contributed by atoms with Crippen molar-refractivity contribution in [1.82, 2.24) is 5.32 Å². The Kier molecular flexibility index (Phi) is 5.11. The highest BCUT2D eigenvalue weighted by molar-refractivity contribution is 4.81. The average molecular weight is 225 g/mol. The van der Waals surface area contributed by atoms with E-state index in [-0.39, 0.29) is 6.10 Å². The number of hydrogen-bond donors (Lipinski definition) is 2. The van der Waals surface area contributed by atoms with E-state index in [0.717, 1.165) is 18.9 Å². The Bertz CT molecular complexity index is 181. The van der Waals surface area contributed by atoms with Gasteiger partial charge in [0.05, 0.1) is 6.10 Å². The van der Waals surface area contributed by atoms with Gasteiger partial charge in [-0.25, -0.2) is 0 Å². The summed E-state index contributed by atoms with van der Waals surface area (Å²) in [6.45, 7) is 1.10. The first-order valence-corrected chi connectivity index (χ1v) is 7.28. The molecule has 0 aromatic heterocycles. The summed E-state index contributed by atoms with van der Waals surface area (Å²) >= 11 is 0. The standard InChI is InChI=1S/C14H27NO/c16-14(11-12-7-3-1-4-8-12)13-9-5-2-6-10-15-13/h12-16H,1-11H2. The maximum absolute atomic E-state index is 10.3. The molecule has 2 unspecified atom stereocenters. The molecular weight excluding hydrogens is 198 g/mol. The van der Waals surface area contributed by atoms with E-state index in [1.807, 2.05) is 0 Å². The number of aliphatic hydroxyl groups excluding tert-OH is 1. The lowest BCUT2D eigenvalue weighted by Gasteiger charge is -2.28. The molecule has 2 aliphatic rings. The predicted molar refractivity (Wildman–Crippen MR) is 67.5 cm³/mol. The third-order valence-corrected chi connectivity index (χ3v) is 4.36. The van der Waals surface area contributed by atoms with Gasteiger partial charge >= 0.3 is 0 Å². The average Bonchev–Trinajstić information content (AvgIpc) is 2.59. The number of aliphatic hydroxyl groups is 1. The van der Waals surface area contributed by atoms with Gasteiger partial charge in [-0.1, -0.05) is 44.9 Å². The zero-order chi connectivity index (χ0) is 11.2. The molecule has 0 bridgehead atoms. The molecule has 1 aliphatic heterocycles. The van der Waals surface area contributed by atoms with Crippen LogP contribution in [-0.2, 0) is 0 Å². The lowest BCUT2D eigenvalue weighted by atomic mass is 9.83. The molecule has 1 saturated carbocycles. The first-order valence-electron chi connectivity index (χ1n) is 7.28. The third-order valence-electron chi connectivity index (χ3n) is 4.36. The predicted octanol–water partition coefficient (Wildman–Crippen LogP) is 2.85. The fourth-order valence-electron chi connectivity index (χ4n) is 3.31. The molecule has 2 atom stereocenters. The number of nitrogens with one attached hydrogen (secondary N) is 1. The van der Waals surface area contributed by atoms with Crippen LogP contribution in [0.3, 0.4) is 0 Å². The van der Waals surface area contributed by atoms with E-state index in [0.29, 0.717) is 6.04 Å². The summed E-state index contributed by atoms with van der Waals surface area (Å²) in [4.78, 5) is 0. The Morgan fingerprint density at radius 3 is 2.44 bits per heavy atom. The molecule has 16 heavy (non-hydrogen) atoms. The third kappa shape index (κ3) is 3.74. The van der Waals surface area contributed by atoms with Crippen molar-refractivity contribution >= 4 is 0 Å². The second-order valence-corrected chi connectivity index (χ2v) is 5.72. The van der Waals surface area contributed by atoms with Crippen molar-refractivity contribution in [3.05, 3.63) is 0 Å². The van der Waals surface area contributed by atoms with Crippen molar-refractivity contribution in [2.24, 2.45) is 5.92 Å². The fraction of sp³-hybridized carbons (Fsp3) is 1.00. The normalized spacial score (nSPS) is 30.9. The molecule has 1 aliphatic carbocycles. The summed E-state index contributed by atoms with van der Waals surface area (Å²) in [5.74, 6) is 0.800. The number of rotatable bonds is 3. The number of hydrogen-bond acceptors (Lipinski definition) is 2. The van der Waals surface area contributed by atoms with Crippen molar-refractivity contribution in [1.29, 1.82) is 0 Å². The Morgan fingerprint density at radius 2 is 1.62 bits per heavy atom. The van der Waals surface area contributed by atoms with Gasteiger partial charge in [-0.3, -0.25) is 0 Å². The Balaban J connectivity index is 1.74. The molecule has 0 spiro atoms. The van der Waals surface area contributed by atoms with Gasteiger partial charge in [0.25, 0.3) is 0 Å². The van der Waals surface area contributed by atoms with E-state index in [9.17, 15) is 5.11 Å². The first-order chi connectivity index (χ1) is 7.86. The molecule has 2 rings (SSSR count). The summed E-state index contributed by atoms with van der Waals surface area (Å²) in [6.07, 6.45) is 12.9. The van der Waals surface area contributed by atoms with Crippen LogP contribution < -0.4 is 5.32 Å². The Labute approximate surface area is 99.8 Å². The summed E-state index contributed by atoms with van der Waals surface area (Å²) in [7, 11) is 0. The van der Waals surface area contributed by atoms with Gasteiger partial charge in [0.2, 0.25) is 0 Å². The zero-order valence-corrected chi connectivity index (χ0v) is 10.5. The Hall–Kier alpha value is -0.0800. The van der Waals surface area contributed by atoms with E-state index in [1.165, 1.54) is 57.8 Å². The van der Waals surface area contributed by atoms with Gasteiger partial charge in [0.15, 0.2) is 0 Å².